The number of carbonyl (C=O) groups excluding carboxylic acids is 2. The summed E-state index contributed by atoms with van der Waals surface area (Å²) in [7, 11) is 0. The minimum Gasteiger partial charge on any atom is -0.460 e. The Kier molecular flexibility index (Phi) is 5.13. The lowest BCUT2D eigenvalue weighted by molar-refractivity contribution is -0.172. The van der Waals surface area contributed by atoms with Crippen LogP contribution in [-0.4, -0.2) is 34.4 Å². The Morgan fingerprint density at radius 3 is 1.76 bits per heavy atom. The molecule has 0 spiro atoms. The molecule has 100 valence electrons. The molecule has 0 saturated carbocycles. The van der Waals surface area contributed by atoms with Crippen LogP contribution in [0.4, 0.5) is 0 Å². The van der Waals surface area contributed by atoms with E-state index in [9.17, 15) is 14.7 Å². The average molecular weight is 246 g/mol. The first-order valence-electron chi connectivity index (χ1n) is 5.53. The Bertz CT molecular complexity index is 282. The molecule has 0 heterocycles. The lowest BCUT2D eigenvalue weighted by atomic mass is 10.1. The predicted octanol–water partition coefficient (Wildman–Crippen LogP) is 1.42. The maximum Gasteiger partial charge on any atom is 0.336 e. The van der Waals surface area contributed by atoms with Crippen molar-refractivity contribution >= 4 is 11.9 Å². The van der Waals surface area contributed by atoms with Gasteiger partial charge in [-0.15, -0.1) is 0 Å². The lowest BCUT2D eigenvalue weighted by Gasteiger charge is -2.23. The van der Waals surface area contributed by atoms with E-state index in [1.165, 1.54) is 0 Å². The van der Waals surface area contributed by atoms with E-state index in [0.29, 0.717) is 0 Å². The third-order valence-electron chi connectivity index (χ3n) is 1.46. The summed E-state index contributed by atoms with van der Waals surface area (Å²) in [4.78, 5) is 22.7. The van der Waals surface area contributed by atoms with Crippen molar-refractivity contribution in [2.24, 2.45) is 0 Å². The van der Waals surface area contributed by atoms with Crippen molar-refractivity contribution in [3.8, 4) is 0 Å². The van der Waals surface area contributed by atoms with E-state index in [1.807, 2.05) is 0 Å². The van der Waals surface area contributed by atoms with Crippen LogP contribution in [0.2, 0.25) is 0 Å². The molecule has 0 radical (unpaired) electrons. The highest BCUT2D eigenvalue weighted by molar-refractivity contribution is 5.81. The number of hydrogen-bond donors (Lipinski definition) is 1. The van der Waals surface area contributed by atoms with E-state index in [2.05, 4.69) is 0 Å². The smallest absolute Gasteiger partial charge is 0.336 e. The van der Waals surface area contributed by atoms with E-state index in [1.54, 1.807) is 41.5 Å². The van der Waals surface area contributed by atoms with Crippen molar-refractivity contribution in [2.75, 3.05) is 0 Å². The molecule has 17 heavy (non-hydrogen) atoms. The molecule has 0 aliphatic rings. The Morgan fingerprint density at radius 1 is 1.00 bits per heavy atom. The van der Waals surface area contributed by atoms with Gasteiger partial charge in [0.1, 0.15) is 11.2 Å². The zero-order valence-corrected chi connectivity index (χ0v) is 11.4. The molecule has 0 aromatic rings. The van der Waals surface area contributed by atoms with Gasteiger partial charge >= 0.3 is 11.9 Å². The van der Waals surface area contributed by atoms with Crippen molar-refractivity contribution in [3.63, 3.8) is 0 Å². The number of esters is 2. The fraction of sp³-hybridized carbons (Fsp3) is 0.833. The first kappa shape index (κ1) is 15.9. The van der Waals surface area contributed by atoms with Crippen molar-refractivity contribution < 1.29 is 24.2 Å². The van der Waals surface area contributed by atoms with Crippen LogP contribution in [0, 0.1) is 0 Å². The van der Waals surface area contributed by atoms with Crippen LogP contribution in [0.1, 0.15) is 48.0 Å². The van der Waals surface area contributed by atoms with Crippen molar-refractivity contribution in [1.29, 1.82) is 0 Å². The summed E-state index contributed by atoms with van der Waals surface area (Å²) in [5.74, 6) is -1.45. The van der Waals surface area contributed by atoms with Gasteiger partial charge in [0.15, 0.2) is 6.10 Å². The number of hydrogen-bond acceptors (Lipinski definition) is 5. The van der Waals surface area contributed by atoms with Gasteiger partial charge in [-0.2, -0.15) is 0 Å². The third kappa shape index (κ3) is 8.68. The van der Waals surface area contributed by atoms with E-state index >= 15 is 0 Å². The van der Waals surface area contributed by atoms with Crippen LogP contribution < -0.4 is 0 Å². The van der Waals surface area contributed by atoms with E-state index < -0.39 is 35.7 Å². The van der Waals surface area contributed by atoms with Gasteiger partial charge in [0.25, 0.3) is 0 Å². The Hall–Kier alpha value is -1.10. The molecule has 0 aromatic heterocycles. The summed E-state index contributed by atoms with van der Waals surface area (Å²) >= 11 is 0. The number of aliphatic hydroxyl groups excluding tert-OH is 1. The predicted molar refractivity (Wildman–Crippen MR) is 62.3 cm³/mol. The first-order valence-corrected chi connectivity index (χ1v) is 5.53. The molecule has 0 rings (SSSR count). The van der Waals surface area contributed by atoms with Crippen LogP contribution >= 0.6 is 0 Å². The Balaban J connectivity index is 4.22. The van der Waals surface area contributed by atoms with E-state index in [0.717, 1.165) is 0 Å². The quantitative estimate of drug-likeness (QED) is 0.762. The third-order valence-corrected chi connectivity index (χ3v) is 1.46. The zero-order valence-electron chi connectivity index (χ0n) is 11.4. The molecular formula is C12H22O5. The van der Waals surface area contributed by atoms with Crippen molar-refractivity contribution in [1.82, 2.24) is 0 Å². The maximum atomic E-state index is 11.4. The second-order valence-electron chi connectivity index (χ2n) is 5.84. The van der Waals surface area contributed by atoms with Crippen molar-refractivity contribution in [2.45, 2.75) is 65.3 Å². The second kappa shape index (κ2) is 5.49. The number of rotatable bonds is 3. The molecule has 1 N–H and O–H groups in total. The topological polar surface area (TPSA) is 72.8 Å². The highest BCUT2D eigenvalue weighted by Gasteiger charge is 2.27. The highest BCUT2D eigenvalue weighted by atomic mass is 16.6. The summed E-state index contributed by atoms with van der Waals surface area (Å²) < 4.78 is 9.92. The molecule has 0 aliphatic heterocycles. The van der Waals surface area contributed by atoms with Gasteiger partial charge in [-0.05, 0) is 41.5 Å². The largest absolute Gasteiger partial charge is 0.460 e. The molecule has 0 unspecified atom stereocenters. The van der Waals surface area contributed by atoms with Crippen LogP contribution in [-0.2, 0) is 19.1 Å². The normalized spacial score (nSPS) is 14.1. The van der Waals surface area contributed by atoms with Crippen LogP contribution in [0.15, 0.2) is 0 Å². The Morgan fingerprint density at radius 2 is 1.41 bits per heavy atom. The number of carbonyl (C=O) groups is 2. The summed E-state index contributed by atoms with van der Waals surface area (Å²) in [5.41, 5.74) is -1.32. The van der Waals surface area contributed by atoms with Crippen LogP contribution in [0.25, 0.3) is 0 Å². The molecule has 0 saturated heterocycles. The van der Waals surface area contributed by atoms with E-state index in [-0.39, 0.29) is 0 Å². The molecule has 0 aliphatic carbocycles. The SMILES string of the molecule is CC(C)(C)OC(=O)C[C@H](O)C(=O)OC(C)(C)C. The monoisotopic (exact) mass is 246 g/mol. The molecule has 1 atom stereocenters. The summed E-state index contributed by atoms with van der Waals surface area (Å²) in [6.45, 7) is 10.2. The first-order chi connectivity index (χ1) is 7.41. The average Bonchev–Trinajstić information content (AvgIpc) is 1.95. The molecule has 0 bridgehead atoms. The fourth-order valence-corrected chi connectivity index (χ4v) is 0.994. The number of ether oxygens (including phenoxy) is 2. The van der Waals surface area contributed by atoms with Gasteiger partial charge in [0.2, 0.25) is 0 Å². The lowest BCUT2D eigenvalue weighted by Crippen LogP contribution is -2.34. The summed E-state index contributed by atoms with van der Waals surface area (Å²) in [6.07, 6.45) is -1.88. The molecule has 0 fully saturated rings. The van der Waals surface area contributed by atoms with Gasteiger partial charge in [-0.1, -0.05) is 0 Å². The van der Waals surface area contributed by atoms with Gasteiger partial charge in [0, 0.05) is 0 Å². The fourth-order valence-electron chi connectivity index (χ4n) is 0.994. The summed E-state index contributed by atoms with van der Waals surface area (Å²) in [5, 5.41) is 9.47. The molecule has 5 nitrogen and oxygen atoms in total. The molecule has 0 amide bonds. The maximum absolute atomic E-state index is 11.4. The van der Waals surface area contributed by atoms with Gasteiger partial charge in [-0.25, -0.2) is 4.79 Å². The van der Waals surface area contributed by atoms with Crippen LogP contribution in [0.3, 0.4) is 0 Å². The summed E-state index contributed by atoms with van der Waals surface area (Å²) in [6, 6.07) is 0. The molecule has 5 heteroatoms. The van der Waals surface area contributed by atoms with Gasteiger partial charge in [0.05, 0.1) is 6.42 Å². The van der Waals surface area contributed by atoms with Crippen molar-refractivity contribution in [3.05, 3.63) is 0 Å². The molecule has 0 aromatic carbocycles. The second-order valence-corrected chi connectivity index (χ2v) is 5.84. The number of aliphatic hydroxyl groups is 1. The minimum atomic E-state index is -1.48. The standard InChI is InChI=1S/C12H22O5/c1-11(2,3)16-9(14)7-8(13)10(15)17-12(4,5)6/h8,13H,7H2,1-6H3/t8-/m0/s1. The zero-order chi connectivity index (χ0) is 13.9. The minimum absolute atomic E-state index is 0.397. The Labute approximate surface area is 102 Å². The molecular weight excluding hydrogens is 224 g/mol. The van der Waals surface area contributed by atoms with E-state index in [4.69, 9.17) is 9.47 Å². The van der Waals surface area contributed by atoms with Crippen LogP contribution in [0.5, 0.6) is 0 Å². The highest BCUT2D eigenvalue weighted by Crippen LogP contribution is 2.12. The van der Waals surface area contributed by atoms with Gasteiger partial charge in [-0.3, -0.25) is 4.79 Å². The van der Waals surface area contributed by atoms with Gasteiger partial charge < -0.3 is 14.6 Å².